The number of rotatable bonds is 1. The van der Waals surface area contributed by atoms with Crippen LogP contribution in [-0.2, 0) is 11.3 Å². The summed E-state index contributed by atoms with van der Waals surface area (Å²) in [4.78, 5) is 4.55. The lowest BCUT2D eigenvalue weighted by molar-refractivity contribution is 0.288. The lowest BCUT2D eigenvalue weighted by Crippen LogP contribution is -2.10. The van der Waals surface area contributed by atoms with Gasteiger partial charge >= 0.3 is 0 Å². The third kappa shape index (κ3) is 1.94. The molecule has 0 saturated carbocycles. The maximum Gasteiger partial charge on any atom is 0.221 e. The quantitative estimate of drug-likeness (QED) is 0.723. The number of ether oxygens (including phenoxy) is 1. The van der Waals surface area contributed by atoms with E-state index in [-0.39, 0.29) is 0 Å². The summed E-state index contributed by atoms with van der Waals surface area (Å²) in [5.41, 5.74) is 4.44. The lowest BCUT2D eigenvalue weighted by atomic mass is 10.1. The fraction of sp³-hybridized carbons (Fsp3) is 0.133. The van der Waals surface area contributed by atoms with Gasteiger partial charge in [-0.25, -0.2) is 4.99 Å². The van der Waals surface area contributed by atoms with Crippen LogP contribution in [0, 0.1) is 6.92 Å². The van der Waals surface area contributed by atoms with E-state index in [9.17, 15) is 0 Å². The summed E-state index contributed by atoms with van der Waals surface area (Å²) in [6.45, 7) is 2.68. The molecule has 0 amide bonds. The summed E-state index contributed by atoms with van der Waals surface area (Å²) in [6.07, 6.45) is 0. The topological polar surface area (TPSA) is 21.6 Å². The molecule has 0 N–H and O–H groups in total. The smallest absolute Gasteiger partial charge is 0.221 e. The monoisotopic (exact) mass is 223 g/mol. The Labute approximate surface area is 101 Å². The number of hydrogen-bond donors (Lipinski definition) is 0. The van der Waals surface area contributed by atoms with Crippen molar-refractivity contribution in [1.29, 1.82) is 0 Å². The van der Waals surface area contributed by atoms with Crippen LogP contribution in [-0.4, -0.2) is 5.90 Å². The van der Waals surface area contributed by atoms with E-state index in [1.54, 1.807) is 0 Å². The summed E-state index contributed by atoms with van der Waals surface area (Å²) in [5, 5.41) is 0. The van der Waals surface area contributed by atoms with Crippen LogP contribution < -0.4 is 0 Å². The number of aliphatic imine (C=N–C) groups is 1. The average molecular weight is 223 g/mol. The standard InChI is InChI=1S/C15H13NO/c1-11-7-8-14-13(9-11)10-17-15(16-14)12-5-3-2-4-6-12/h2-9H,10H2,1H3. The van der Waals surface area contributed by atoms with E-state index in [4.69, 9.17) is 4.74 Å². The third-order valence-corrected chi connectivity index (χ3v) is 2.84. The predicted octanol–water partition coefficient (Wildman–Crippen LogP) is 3.60. The Morgan fingerprint density at radius 1 is 1.06 bits per heavy atom. The van der Waals surface area contributed by atoms with Gasteiger partial charge in [0.1, 0.15) is 6.61 Å². The first-order valence-electron chi connectivity index (χ1n) is 5.69. The van der Waals surface area contributed by atoms with Gasteiger partial charge in [-0.05, 0) is 25.1 Å². The van der Waals surface area contributed by atoms with E-state index in [1.165, 1.54) is 5.56 Å². The first kappa shape index (κ1) is 10.1. The van der Waals surface area contributed by atoms with Crippen LogP contribution >= 0.6 is 0 Å². The summed E-state index contributed by atoms with van der Waals surface area (Å²) >= 11 is 0. The van der Waals surface area contributed by atoms with Crippen molar-refractivity contribution in [2.45, 2.75) is 13.5 Å². The Morgan fingerprint density at radius 3 is 2.71 bits per heavy atom. The van der Waals surface area contributed by atoms with Gasteiger partial charge in [-0.2, -0.15) is 0 Å². The fourth-order valence-electron chi connectivity index (χ4n) is 1.96. The van der Waals surface area contributed by atoms with Crippen molar-refractivity contribution >= 4 is 11.6 Å². The van der Waals surface area contributed by atoms with E-state index in [1.807, 2.05) is 30.3 Å². The molecule has 2 aromatic carbocycles. The van der Waals surface area contributed by atoms with E-state index in [0.29, 0.717) is 12.5 Å². The van der Waals surface area contributed by atoms with E-state index >= 15 is 0 Å². The molecule has 0 spiro atoms. The van der Waals surface area contributed by atoms with Crippen molar-refractivity contribution in [2.24, 2.45) is 4.99 Å². The Kier molecular flexibility index (Phi) is 2.41. The van der Waals surface area contributed by atoms with Crippen molar-refractivity contribution in [2.75, 3.05) is 0 Å². The SMILES string of the molecule is Cc1ccc2c(c1)COC(c1ccccc1)=N2. The van der Waals surface area contributed by atoms with E-state index < -0.39 is 0 Å². The Morgan fingerprint density at radius 2 is 1.88 bits per heavy atom. The van der Waals surface area contributed by atoms with E-state index in [0.717, 1.165) is 16.8 Å². The molecule has 2 heteroatoms. The molecule has 1 aliphatic heterocycles. The number of benzene rings is 2. The Balaban J connectivity index is 2.03. The van der Waals surface area contributed by atoms with Crippen molar-refractivity contribution in [3.8, 4) is 0 Å². The molecule has 0 atom stereocenters. The maximum absolute atomic E-state index is 5.70. The second-order valence-electron chi connectivity index (χ2n) is 4.20. The molecule has 2 aromatic rings. The van der Waals surface area contributed by atoms with Crippen LogP contribution in [0.15, 0.2) is 53.5 Å². The van der Waals surface area contributed by atoms with Crippen molar-refractivity contribution in [3.05, 3.63) is 65.2 Å². The minimum atomic E-state index is 0.602. The van der Waals surface area contributed by atoms with Crippen molar-refractivity contribution in [3.63, 3.8) is 0 Å². The summed E-state index contributed by atoms with van der Waals surface area (Å²) in [7, 11) is 0. The molecule has 1 heterocycles. The Hall–Kier alpha value is -2.09. The molecular weight excluding hydrogens is 210 g/mol. The maximum atomic E-state index is 5.70. The van der Waals surface area contributed by atoms with Crippen LogP contribution in [0.2, 0.25) is 0 Å². The molecule has 0 radical (unpaired) electrons. The molecular formula is C15H13NO. The number of hydrogen-bond acceptors (Lipinski definition) is 2. The summed E-state index contributed by atoms with van der Waals surface area (Å²) < 4.78 is 5.70. The molecule has 0 aromatic heterocycles. The molecule has 0 bridgehead atoms. The second-order valence-corrected chi connectivity index (χ2v) is 4.20. The highest BCUT2D eigenvalue weighted by Gasteiger charge is 2.13. The van der Waals surface area contributed by atoms with Gasteiger partial charge in [0.2, 0.25) is 5.90 Å². The highest BCUT2D eigenvalue weighted by atomic mass is 16.5. The molecule has 0 fully saturated rings. The van der Waals surface area contributed by atoms with Gasteiger partial charge in [-0.1, -0.05) is 35.9 Å². The van der Waals surface area contributed by atoms with Gasteiger partial charge < -0.3 is 4.74 Å². The molecule has 0 aliphatic carbocycles. The Bertz CT molecular complexity index is 573. The minimum absolute atomic E-state index is 0.602. The van der Waals surface area contributed by atoms with Crippen LogP contribution in [0.1, 0.15) is 16.7 Å². The fourth-order valence-corrected chi connectivity index (χ4v) is 1.96. The molecule has 0 saturated heterocycles. The highest BCUT2D eigenvalue weighted by molar-refractivity contribution is 5.96. The van der Waals surface area contributed by atoms with Gasteiger partial charge in [0.25, 0.3) is 0 Å². The number of fused-ring (bicyclic) bond motifs is 1. The summed E-state index contributed by atoms with van der Waals surface area (Å²) in [5.74, 6) is 0.710. The molecule has 84 valence electrons. The average Bonchev–Trinajstić information content (AvgIpc) is 2.39. The number of aryl methyl sites for hydroxylation is 1. The normalized spacial score (nSPS) is 13.6. The largest absolute Gasteiger partial charge is 0.472 e. The van der Waals surface area contributed by atoms with E-state index in [2.05, 4.69) is 30.1 Å². The lowest BCUT2D eigenvalue weighted by Gasteiger charge is -2.17. The van der Waals surface area contributed by atoms with Gasteiger partial charge in [0, 0.05) is 11.1 Å². The first-order valence-corrected chi connectivity index (χ1v) is 5.69. The second kappa shape index (κ2) is 4.06. The van der Waals surface area contributed by atoms with Crippen LogP contribution in [0.3, 0.4) is 0 Å². The molecule has 3 rings (SSSR count). The predicted molar refractivity (Wildman–Crippen MR) is 68.6 cm³/mol. The van der Waals surface area contributed by atoms with Crippen molar-refractivity contribution < 1.29 is 4.74 Å². The van der Waals surface area contributed by atoms with Crippen LogP contribution in [0.25, 0.3) is 0 Å². The van der Waals surface area contributed by atoms with Gasteiger partial charge in [0.15, 0.2) is 0 Å². The van der Waals surface area contributed by atoms with Crippen LogP contribution in [0.5, 0.6) is 0 Å². The highest BCUT2D eigenvalue weighted by Crippen LogP contribution is 2.27. The van der Waals surface area contributed by atoms with Gasteiger partial charge in [-0.3, -0.25) is 0 Å². The minimum Gasteiger partial charge on any atom is -0.472 e. The molecule has 1 aliphatic rings. The zero-order valence-corrected chi connectivity index (χ0v) is 9.68. The zero-order valence-electron chi connectivity index (χ0n) is 9.68. The van der Waals surface area contributed by atoms with Crippen molar-refractivity contribution in [1.82, 2.24) is 0 Å². The van der Waals surface area contributed by atoms with Gasteiger partial charge in [0.05, 0.1) is 5.69 Å². The summed E-state index contributed by atoms with van der Waals surface area (Å²) in [6, 6.07) is 16.3. The van der Waals surface area contributed by atoms with Crippen LogP contribution in [0.4, 0.5) is 5.69 Å². The first-order chi connectivity index (χ1) is 8.33. The van der Waals surface area contributed by atoms with Gasteiger partial charge in [-0.15, -0.1) is 0 Å². The molecule has 0 unspecified atom stereocenters. The molecule has 17 heavy (non-hydrogen) atoms. The zero-order chi connectivity index (χ0) is 11.7. The molecule has 2 nitrogen and oxygen atoms in total. The number of nitrogens with zero attached hydrogens (tertiary/aromatic N) is 1. The third-order valence-electron chi connectivity index (χ3n) is 2.84.